The second kappa shape index (κ2) is 7.62. The van der Waals surface area contributed by atoms with E-state index in [0.717, 1.165) is 25.7 Å². The predicted octanol–water partition coefficient (Wildman–Crippen LogP) is 1.32. The number of nitrogens with one attached hydrogen (secondary N) is 2. The summed E-state index contributed by atoms with van der Waals surface area (Å²) < 4.78 is 0. The molecule has 116 valence electrons. The van der Waals surface area contributed by atoms with Crippen LogP contribution < -0.4 is 16.4 Å². The smallest absolute Gasteiger partial charge is 0.223 e. The van der Waals surface area contributed by atoms with Crippen molar-refractivity contribution in [1.29, 1.82) is 0 Å². The van der Waals surface area contributed by atoms with Gasteiger partial charge in [-0.3, -0.25) is 9.59 Å². The fourth-order valence-corrected chi connectivity index (χ4v) is 2.45. The summed E-state index contributed by atoms with van der Waals surface area (Å²) in [5, 5.41) is 5.74. The number of carbonyl (C=O) groups excluding carboxylic acids is 2. The minimum absolute atomic E-state index is 0.0695. The molecule has 4 N–H and O–H groups in total. The summed E-state index contributed by atoms with van der Waals surface area (Å²) in [5.74, 6) is 0.168. The van der Waals surface area contributed by atoms with E-state index < -0.39 is 5.54 Å². The van der Waals surface area contributed by atoms with Crippen molar-refractivity contribution in [3.63, 3.8) is 0 Å². The van der Waals surface area contributed by atoms with Crippen LogP contribution in [0, 0.1) is 5.92 Å². The van der Waals surface area contributed by atoms with Crippen molar-refractivity contribution < 1.29 is 9.59 Å². The van der Waals surface area contributed by atoms with Crippen LogP contribution in [0.2, 0.25) is 0 Å². The van der Waals surface area contributed by atoms with E-state index in [-0.39, 0.29) is 23.8 Å². The van der Waals surface area contributed by atoms with Crippen molar-refractivity contribution in [2.45, 2.75) is 70.9 Å². The lowest BCUT2D eigenvalue weighted by Crippen LogP contribution is -2.47. The van der Waals surface area contributed by atoms with Gasteiger partial charge in [0.1, 0.15) is 0 Å². The first kappa shape index (κ1) is 17.0. The molecule has 0 spiro atoms. The Labute approximate surface area is 122 Å². The maximum absolute atomic E-state index is 12.0. The second-order valence-corrected chi connectivity index (χ2v) is 6.71. The molecule has 0 aromatic rings. The summed E-state index contributed by atoms with van der Waals surface area (Å²) in [6, 6.07) is -0.134. The standard InChI is InChI=1S/C15H29N3O2/c1-11(9-13(19)17-10-15(2,3)16)18-14(20)12-7-5-4-6-8-12/h11-12H,4-10,16H2,1-3H3,(H,17,19)(H,18,20). The Morgan fingerprint density at radius 3 is 2.40 bits per heavy atom. The molecule has 1 rings (SSSR count). The first-order valence-corrected chi connectivity index (χ1v) is 7.64. The highest BCUT2D eigenvalue weighted by Crippen LogP contribution is 2.23. The van der Waals surface area contributed by atoms with Gasteiger partial charge in [0, 0.05) is 30.5 Å². The maximum Gasteiger partial charge on any atom is 0.223 e. The highest BCUT2D eigenvalue weighted by atomic mass is 16.2. The quantitative estimate of drug-likeness (QED) is 0.687. The molecule has 1 unspecified atom stereocenters. The monoisotopic (exact) mass is 283 g/mol. The van der Waals surface area contributed by atoms with Crippen molar-refractivity contribution in [2.24, 2.45) is 11.7 Å². The van der Waals surface area contributed by atoms with E-state index in [0.29, 0.717) is 13.0 Å². The number of nitrogens with two attached hydrogens (primary N) is 1. The fraction of sp³-hybridized carbons (Fsp3) is 0.867. The normalized spacial score (nSPS) is 18.4. The van der Waals surface area contributed by atoms with Crippen LogP contribution >= 0.6 is 0 Å². The van der Waals surface area contributed by atoms with Gasteiger partial charge in [-0.2, -0.15) is 0 Å². The molecule has 20 heavy (non-hydrogen) atoms. The lowest BCUT2D eigenvalue weighted by atomic mass is 9.88. The average molecular weight is 283 g/mol. The molecule has 0 aromatic carbocycles. The molecule has 1 atom stereocenters. The third kappa shape index (κ3) is 6.89. The largest absolute Gasteiger partial charge is 0.354 e. The van der Waals surface area contributed by atoms with E-state index in [1.807, 2.05) is 20.8 Å². The van der Waals surface area contributed by atoms with E-state index in [1.54, 1.807) is 0 Å². The minimum atomic E-state index is -0.412. The lowest BCUT2D eigenvalue weighted by molar-refractivity contribution is -0.127. The maximum atomic E-state index is 12.0. The molecule has 1 saturated carbocycles. The van der Waals surface area contributed by atoms with Gasteiger partial charge in [-0.1, -0.05) is 19.3 Å². The SMILES string of the molecule is CC(CC(=O)NCC(C)(C)N)NC(=O)C1CCCCC1. The van der Waals surface area contributed by atoms with Gasteiger partial charge in [0.15, 0.2) is 0 Å². The van der Waals surface area contributed by atoms with Gasteiger partial charge in [-0.25, -0.2) is 0 Å². The van der Waals surface area contributed by atoms with Gasteiger partial charge in [-0.05, 0) is 33.6 Å². The first-order valence-electron chi connectivity index (χ1n) is 7.64. The van der Waals surface area contributed by atoms with Crippen molar-refractivity contribution in [2.75, 3.05) is 6.54 Å². The minimum Gasteiger partial charge on any atom is -0.354 e. The average Bonchev–Trinajstić information content (AvgIpc) is 2.36. The van der Waals surface area contributed by atoms with Crippen LogP contribution in [0.5, 0.6) is 0 Å². The van der Waals surface area contributed by atoms with Gasteiger partial charge in [0.05, 0.1) is 0 Å². The zero-order valence-corrected chi connectivity index (χ0v) is 13.0. The molecule has 0 radical (unpaired) electrons. The fourth-order valence-electron chi connectivity index (χ4n) is 2.45. The van der Waals surface area contributed by atoms with E-state index in [9.17, 15) is 9.59 Å². The zero-order chi connectivity index (χ0) is 15.2. The molecule has 0 saturated heterocycles. The van der Waals surface area contributed by atoms with Crippen LogP contribution in [0.3, 0.4) is 0 Å². The molecule has 2 amide bonds. The Hall–Kier alpha value is -1.10. The Balaban J connectivity index is 2.26. The van der Waals surface area contributed by atoms with Crippen molar-refractivity contribution >= 4 is 11.8 Å². The predicted molar refractivity (Wildman–Crippen MR) is 80.1 cm³/mol. The summed E-state index contributed by atoms with van der Waals surface area (Å²) in [5.41, 5.74) is 5.40. The molecule has 0 aromatic heterocycles. The number of carbonyl (C=O) groups is 2. The molecule has 0 aliphatic heterocycles. The van der Waals surface area contributed by atoms with Gasteiger partial charge in [0.25, 0.3) is 0 Å². The van der Waals surface area contributed by atoms with E-state index in [2.05, 4.69) is 10.6 Å². The summed E-state index contributed by atoms with van der Waals surface area (Å²) in [4.78, 5) is 23.8. The van der Waals surface area contributed by atoms with Crippen LogP contribution in [-0.4, -0.2) is 29.9 Å². The molecule has 5 heteroatoms. The first-order chi connectivity index (χ1) is 9.28. The van der Waals surface area contributed by atoms with Crippen LogP contribution in [0.15, 0.2) is 0 Å². The van der Waals surface area contributed by atoms with Gasteiger partial charge in [-0.15, -0.1) is 0 Å². The Bertz CT molecular complexity index is 331. The summed E-state index contributed by atoms with van der Waals surface area (Å²) in [7, 11) is 0. The summed E-state index contributed by atoms with van der Waals surface area (Å²) >= 11 is 0. The van der Waals surface area contributed by atoms with E-state index in [1.165, 1.54) is 6.42 Å². The van der Waals surface area contributed by atoms with E-state index in [4.69, 9.17) is 5.73 Å². The Morgan fingerprint density at radius 2 is 1.85 bits per heavy atom. The van der Waals surface area contributed by atoms with Gasteiger partial charge in [0.2, 0.25) is 11.8 Å². The van der Waals surface area contributed by atoms with Crippen LogP contribution in [0.25, 0.3) is 0 Å². The number of hydrogen-bond donors (Lipinski definition) is 3. The van der Waals surface area contributed by atoms with Gasteiger partial charge < -0.3 is 16.4 Å². The number of rotatable bonds is 6. The van der Waals surface area contributed by atoms with Crippen molar-refractivity contribution in [3.05, 3.63) is 0 Å². The zero-order valence-electron chi connectivity index (χ0n) is 13.0. The second-order valence-electron chi connectivity index (χ2n) is 6.71. The summed E-state index contributed by atoms with van der Waals surface area (Å²) in [6.07, 6.45) is 5.76. The molecule has 1 aliphatic carbocycles. The van der Waals surface area contributed by atoms with Crippen molar-refractivity contribution in [1.82, 2.24) is 10.6 Å². The van der Waals surface area contributed by atoms with Crippen molar-refractivity contribution in [3.8, 4) is 0 Å². The highest BCUT2D eigenvalue weighted by Gasteiger charge is 2.23. The molecular weight excluding hydrogens is 254 g/mol. The topological polar surface area (TPSA) is 84.2 Å². The third-order valence-electron chi connectivity index (χ3n) is 3.60. The third-order valence-corrected chi connectivity index (χ3v) is 3.60. The molecule has 0 heterocycles. The number of amides is 2. The molecule has 1 aliphatic rings. The van der Waals surface area contributed by atoms with E-state index >= 15 is 0 Å². The Kier molecular flexibility index (Phi) is 6.46. The Morgan fingerprint density at radius 1 is 1.25 bits per heavy atom. The molecule has 0 bridgehead atoms. The summed E-state index contributed by atoms with van der Waals surface area (Å²) in [6.45, 7) is 6.03. The highest BCUT2D eigenvalue weighted by molar-refractivity contribution is 5.81. The van der Waals surface area contributed by atoms with Crippen LogP contribution in [-0.2, 0) is 9.59 Å². The van der Waals surface area contributed by atoms with Gasteiger partial charge >= 0.3 is 0 Å². The molecular formula is C15H29N3O2. The van der Waals surface area contributed by atoms with Crippen LogP contribution in [0.4, 0.5) is 0 Å². The molecule has 1 fully saturated rings. The molecule has 5 nitrogen and oxygen atoms in total. The number of hydrogen-bond acceptors (Lipinski definition) is 3. The lowest BCUT2D eigenvalue weighted by Gasteiger charge is -2.23. The van der Waals surface area contributed by atoms with Crippen LogP contribution in [0.1, 0.15) is 59.3 Å².